The van der Waals surface area contributed by atoms with Gasteiger partial charge in [-0.3, -0.25) is 4.79 Å². The van der Waals surface area contributed by atoms with Crippen LogP contribution in [0.1, 0.15) is 21.7 Å². The van der Waals surface area contributed by atoms with E-state index < -0.39 is 0 Å². The van der Waals surface area contributed by atoms with Gasteiger partial charge in [0.05, 0.1) is 14.9 Å². The van der Waals surface area contributed by atoms with Crippen molar-refractivity contribution in [2.75, 3.05) is 11.4 Å². The second kappa shape index (κ2) is 4.87. The van der Waals surface area contributed by atoms with Crippen LogP contribution in [-0.4, -0.2) is 17.6 Å². The maximum absolute atomic E-state index is 12.5. The van der Waals surface area contributed by atoms with E-state index in [-0.39, 0.29) is 11.7 Å². The van der Waals surface area contributed by atoms with E-state index in [0.717, 1.165) is 18.4 Å². The van der Waals surface area contributed by atoms with Crippen molar-refractivity contribution in [2.45, 2.75) is 12.8 Å². The Morgan fingerprint density at radius 1 is 1.32 bits per heavy atom. The van der Waals surface area contributed by atoms with Gasteiger partial charge in [0.2, 0.25) is 0 Å². The highest BCUT2D eigenvalue weighted by atomic mass is 35.5. The van der Waals surface area contributed by atoms with Crippen LogP contribution < -0.4 is 4.90 Å². The van der Waals surface area contributed by atoms with Crippen LogP contribution in [0.4, 0.5) is 5.69 Å². The van der Waals surface area contributed by atoms with Crippen LogP contribution in [0.15, 0.2) is 30.3 Å². The SMILES string of the molecule is O=C(c1ccc(Cl)s1)N1CCCc2cccc(O)c21. The van der Waals surface area contributed by atoms with Crippen molar-refractivity contribution < 1.29 is 9.90 Å². The van der Waals surface area contributed by atoms with Crippen molar-refractivity contribution >= 4 is 34.5 Å². The molecule has 1 N–H and O–H groups in total. The van der Waals surface area contributed by atoms with Gasteiger partial charge in [-0.15, -0.1) is 11.3 Å². The number of hydrogen-bond donors (Lipinski definition) is 1. The third-order valence-electron chi connectivity index (χ3n) is 3.23. The van der Waals surface area contributed by atoms with Crippen LogP contribution in [0.5, 0.6) is 5.75 Å². The zero-order valence-corrected chi connectivity index (χ0v) is 11.7. The van der Waals surface area contributed by atoms with E-state index in [0.29, 0.717) is 21.4 Å². The topological polar surface area (TPSA) is 40.5 Å². The first-order valence-corrected chi connectivity index (χ1v) is 7.24. The van der Waals surface area contributed by atoms with Crippen molar-refractivity contribution in [1.29, 1.82) is 0 Å². The largest absolute Gasteiger partial charge is 0.506 e. The number of fused-ring (bicyclic) bond motifs is 1. The summed E-state index contributed by atoms with van der Waals surface area (Å²) >= 11 is 7.14. The Morgan fingerprint density at radius 2 is 2.16 bits per heavy atom. The summed E-state index contributed by atoms with van der Waals surface area (Å²) in [6.07, 6.45) is 1.79. The van der Waals surface area contributed by atoms with Crippen LogP contribution in [-0.2, 0) is 6.42 Å². The Labute approximate surface area is 120 Å². The molecule has 0 fully saturated rings. The lowest BCUT2D eigenvalue weighted by molar-refractivity contribution is 0.0988. The van der Waals surface area contributed by atoms with Gasteiger partial charge in [-0.25, -0.2) is 0 Å². The average Bonchev–Trinajstić information content (AvgIpc) is 2.84. The number of carbonyl (C=O) groups excluding carboxylic acids is 1. The molecule has 0 radical (unpaired) electrons. The molecule has 1 aliphatic rings. The number of benzene rings is 1. The smallest absolute Gasteiger partial charge is 0.268 e. The molecular formula is C14H12ClNO2S. The minimum atomic E-state index is -0.0978. The Bertz CT molecular complexity index is 638. The number of aromatic hydroxyl groups is 1. The summed E-state index contributed by atoms with van der Waals surface area (Å²) in [5.74, 6) is 0.0625. The number of aryl methyl sites for hydroxylation is 1. The maximum atomic E-state index is 12.5. The van der Waals surface area contributed by atoms with Crippen LogP contribution in [0.25, 0.3) is 0 Å². The Morgan fingerprint density at radius 3 is 2.89 bits per heavy atom. The molecule has 0 saturated carbocycles. The van der Waals surface area contributed by atoms with Crippen molar-refractivity contribution in [2.24, 2.45) is 0 Å². The molecule has 1 amide bonds. The third-order valence-corrected chi connectivity index (χ3v) is 4.44. The number of phenols is 1. The number of nitrogens with zero attached hydrogens (tertiary/aromatic N) is 1. The summed E-state index contributed by atoms with van der Waals surface area (Å²) in [4.78, 5) is 14.7. The van der Waals surface area contributed by atoms with Gasteiger partial charge in [-0.1, -0.05) is 23.7 Å². The monoisotopic (exact) mass is 293 g/mol. The van der Waals surface area contributed by atoms with Crippen molar-refractivity contribution in [3.05, 3.63) is 45.1 Å². The standard InChI is InChI=1S/C14H12ClNO2S/c15-12-7-6-11(19-12)14(18)16-8-2-4-9-3-1-5-10(17)13(9)16/h1,3,5-7,17H,2,4,8H2. The summed E-state index contributed by atoms with van der Waals surface area (Å²) in [6, 6.07) is 8.82. The lowest BCUT2D eigenvalue weighted by Gasteiger charge is -2.29. The predicted molar refractivity (Wildman–Crippen MR) is 77.4 cm³/mol. The second-order valence-corrected chi connectivity index (χ2v) is 6.16. The molecule has 3 rings (SSSR count). The van der Waals surface area contributed by atoms with E-state index >= 15 is 0 Å². The third kappa shape index (κ3) is 2.22. The summed E-state index contributed by atoms with van der Waals surface area (Å²) in [5.41, 5.74) is 1.66. The Hall–Kier alpha value is -1.52. The number of carbonyl (C=O) groups is 1. The number of para-hydroxylation sites is 1. The van der Waals surface area contributed by atoms with Crippen molar-refractivity contribution in [1.82, 2.24) is 0 Å². The molecule has 1 aromatic carbocycles. The normalized spacial score (nSPS) is 14.3. The average molecular weight is 294 g/mol. The van der Waals surface area contributed by atoms with Gasteiger partial charge < -0.3 is 10.0 Å². The number of amides is 1. The van der Waals surface area contributed by atoms with Crippen molar-refractivity contribution in [3.63, 3.8) is 0 Å². The molecule has 0 aliphatic carbocycles. The quantitative estimate of drug-likeness (QED) is 0.871. The van der Waals surface area contributed by atoms with Gasteiger partial charge in [0.25, 0.3) is 5.91 Å². The number of hydrogen-bond acceptors (Lipinski definition) is 3. The second-order valence-electron chi connectivity index (χ2n) is 4.45. The number of anilines is 1. The van der Waals surface area contributed by atoms with Gasteiger partial charge in [-0.05, 0) is 36.6 Å². The molecule has 0 spiro atoms. The molecule has 0 saturated heterocycles. The fourth-order valence-electron chi connectivity index (χ4n) is 2.40. The fraction of sp³-hybridized carbons (Fsp3) is 0.214. The molecule has 1 aliphatic heterocycles. The molecule has 19 heavy (non-hydrogen) atoms. The van der Waals surface area contributed by atoms with Gasteiger partial charge in [0.1, 0.15) is 5.75 Å². The summed E-state index contributed by atoms with van der Waals surface area (Å²) in [6.45, 7) is 0.624. The molecule has 1 aromatic heterocycles. The lowest BCUT2D eigenvalue weighted by Crippen LogP contribution is -2.35. The fourth-order valence-corrected chi connectivity index (χ4v) is 3.39. The van der Waals surface area contributed by atoms with Crippen molar-refractivity contribution in [3.8, 4) is 5.75 Å². The number of rotatable bonds is 1. The molecule has 0 bridgehead atoms. The van der Waals surface area contributed by atoms with E-state index in [4.69, 9.17) is 11.6 Å². The summed E-state index contributed by atoms with van der Waals surface area (Å²) < 4.78 is 0.595. The Balaban J connectivity index is 2.02. The first-order valence-electron chi connectivity index (χ1n) is 6.05. The predicted octanol–water partition coefficient (Wildman–Crippen LogP) is 3.70. The van der Waals surface area contributed by atoms with Crippen LogP contribution >= 0.6 is 22.9 Å². The lowest BCUT2D eigenvalue weighted by atomic mass is 10.0. The molecule has 2 heterocycles. The molecule has 3 nitrogen and oxygen atoms in total. The number of thiophene rings is 1. The highest BCUT2D eigenvalue weighted by Gasteiger charge is 2.26. The van der Waals surface area contributed by atoms with E-state index in [1.807, 2.05) is 12.1 Å². The molecule has 5 heteroatoms. The van der Waals surface area contributed by atoms with Crippen LogP contribution in [0.3, 0.4) is 0 Å². The number of phenolic OH excluding ortho intramolecular Hbond substituents is 1. The number of halogens is 1. The molecule has 0 atom stereocenters. The highest BCUT2D eigenvalue weighted by molar-refractivity contribution is 7.18. The van der Waals surface area contributed by atoms with Gasteiger partial charge in [0.15, 0.2) is 0 Å². The Kier molecular flexibility index (Phi) is 3.21. The molecular weight excluding hydrogens is 282 g/mol. The highest BCUT2D eigenvalue weighted by Crippen LogP contribution is 2.37. The van der Waals surface area contributed by atoms with E-state index in [1.54, 1.807) is 23.1 Å². The van der Waals surface area contributed by atoms with Gasteiger partial charge >= 0.3 is 0 Å². The molecule has 2 aromatic rings. The first-order chi connectivity index (χ1) is 9.16. The zero-order valence-electron chi connectivity index (χ0n) is 10.1. The van der Waals surface area contributed by atoms with Crippen LogP contribution in [0.2, 0.25) is 4.34 Å². The summed E-state index contributed by atoms with van der Waals surface area (Å²) in [5, 5.41) is 10.0. The van der Waals surface area contributed by atoms with Crippen LogP contribution in [0, 0.1) is 0 Å². The van der Waals surface area contributed by atoms with Gasteiger partial charge in [-0.2, -0.15) is 0 Å². The minimum Gasteiger partial charge on any atom is -0.506 e. The van der Waals surface area contributed by atoms with E-state index in [9.17, 15) is 9.90 Å². The van der Waals surface area contributed by atoms with E-state index in [2.05, 4.69) is 0 Å². The summed E-state index contributed by atoms with van der Waals surface area (Å²) in [7, 11) is 0. The zero-order chi connectivity index (χ0) is 13.4. The minimum absolute atomic E-state index is 0.0978. The van der Waals surface area contributed by atoms with Gasteiger partial charge in [0, 0.05) is 6.54 Å². The van der Waals surface area contributed by atoms with E-state index in [1.165, 1.54) is 11.3 Å². The molecule has 98 valence electrons. The maximum Gasteiger partial charge on any atom is 0.268 e. The first kappa shape index (κ1) is 12.5. The molecule has 0 unspecified atom stereocenters.